The van der Waals surface area contributed by atoms with Gasteiger partial charge in [0.2, 0.25) is 0 Å². The summed E-state index contributed by atoms with van der Waals surface area (Å²) in [6.45, 7) is 1.75. The monoisotopic (exact) mass is 324 g/mol. The van der Waals surface area contributed by atoms with Gasteiger partial charge in [-0.1, -0.05) is 12.1 Å². The van der Waals surface area contributed by atoms with Gasteiger partial charge in [-0.3, -0.25) is 0 Å². The Kier molecular flexibility index (Phi) is 3.98. The third-order valence-electron chi connectivity index (χ3n) is 2.09. The van der Waals surface area contributed by atoms with Gasteiger partial charge in [0, 0.05) is 15.1 Å². The molecule has 2 aromatic rings. The SMILES string of the molecule is Cc1cc(C(=O)O)nc(Sc2ccccc2Br)n1. The lowest BCUT2D eigenvalue weighted by atomic mass is 10.3. The molecule has 0 bridgehead atoms. The fourth-order valence-electron chi connectivity index (χ4n) is 1.32. The molecule has 18 heavy (non-hydrogen) atoms. The average molecular weight is 325 g/mol. The summed E-state index contributed by atoms with van der Waals surface area (Å²) in [6, 6.07) is 9.10. The first-order chi connectivity index (χ1) is 8.56. The second-order valence-electron chi connectivity index (χ2n) is 3.51. The van der Waals surface area contributed by atoms with E-state index in [-0.39, 0.29) is 5.69 Å². The Morgan fingerprint density at radius 1 is 1.33 bits per heavy atom. The molecule has 1 N–H and O–H groups in total. The van der Waals surface area contributed by atoms with Crippen LogP contribution in [0, 0.1) is 6.92 Å². The largest absolute Gasteiger partial charge is 0.477 e. The highest BCUT2D eigenvalue weighted by Crippen LogP contribution is 2.31. The van der Waals surface area contributed by atoms with Crippen molar-refractivity contribution in [1.82, 2.24) is 9.97 Å². The van der Waals surface area contributed by atoms with Crippen LogP contribution >= 0.6 is 27.7 Å². The number of hydrogen-bond acceptors (Lipinski definition) is 4. The maximum absolute atomic E-state index is 10.9. The number of aryl methyl sites for hydroxylation is 1. The molecular weight excluding hydrogens is 316 g/mol. The highest BCUT2D eigenvalue weighted by Gasteiger charge is 2.10. The van der Waals surface area contributed by atoms with Crippen LogP contribution in [0.1, 0.15) is 16.2 Å². The molecule has 6 heteroatoms. The molecule has 0 atom stereocenters. The van der Waals surface area contributed by atoms with Crippen molar-refractivity contribution in [2.75, 3.05) is 0 Å². The fourth-order valence-corrected chi connectivity index (χ4v) is 2.69. The van der Waals surface area contributed by atoms with Crippen LogP contribution in [0.5, 0.6) is 0 Å². The number of carboxylic acids is 1. The van der Waals surface area contributed by atoms with Gasteiger partial charge in [0.25, 0.3) is 0 Å². The van der Waals surface area contributed by atoms with Crippen molar-refractivity contribution >= 4 is 33.7 Å². The van der Waals surface area contributed by atoms with Crippen LogP contribution in [0.15, 0.2) is 44.9 Å². The van der Waals surface area contributed by atoms with Gasteiger partial charge in [-0.05, 0) is 52.8 Å². The van der Waals surface area contributed by atoms with E-state index >= 15 is 0 Å². The maximum Gasteiger partial charge on any atom is 0.354 e. The van der Waals surface area contributed by atoms with Crippen LogP contribution in [0.4, 0.5) is 0 Å². The predicted octanol–water partition coefficient (Wildman–Crippen LogP) is 3.40. The fraction of sp³-hybridized carbons (Fsp3) is 0.0833. The number of carbonyl (C=O) groups is 1. The summed E-state index contributed by atoms with van der Waals surface area (Å²) in [5.74, 6) is -1.05. The summed E-state index contributed by atoms with van der Waals surface area (Å²) in [6.07, 6.45) is 0. The standard InChI is InChI=1S/C12H9BrN2O2S/c1-7-6-9(11(16)17)15-12(14-7)18-10-5-3-2-4-8(10)13/h2-6H,1H3,(H,16,17). The van der Waals surface area contributed by atoms with Crippen molar-refractivity contribution < 1.29 is 9.90 Å². The van der Waals surface area contributed by atoms with E-state index in [0.29, 0.717) is 10.9 Å². The summed E-state index contributed by atoms with van der Waals surface area (Å²) < 4.78 is 0.928. The van der Waals surface area contributed by atoms with E-state index in [4.69, 9.17) is 5.11 Å². The molecule has 0 aliphatic rings. The summed E-state index contributed by atoms with van der Waals surface area (Å²) >= 11 is 4.75. The molecule has 1 aromatic carbocycles. The van der Waals surface area contributed by atoms with E-state index < -0.39 is 5.97 Å². The molecule has 0 fully saturated rings. The first kappa shape index (κ1) is 13.0. The number of rotatable bonds is 3. The topological polar surface area (TPSA) is 63.1 Å². The van der Waals surface area contributed by atoms with E-state index in [2.05, 4.69) is 25.9 Å². The predicted molar refractivity (Wildman–Crippen MR) is 72.0 cm³/mol. The Bertz CT molecular complexity index is 604. The van der Waals surface area contributed by atoms with Gasteiger partial charge in [0.05, 0.1) is 0 Å². The molecule has 0 spiro atoms. The number of aromatic nitrogens is 2. The summed E-state index contributed by atoms with van der Waals surface area (Å²) in [7, 11) is 0. The lowest BCUT2D eigenvalue weighted by Crippen LogP contribution is -2.03. The van der Waals surface area contributed by atoms with Gasteiger partial charge < -0.3 is 5.11 Å². The lowest BCUT2D eigenvalue weighted by Gasteiger charge is -2.04. The Morgan fingerprint density at radius 3 is 2.72 bits per heavy atom. The van der Waals surface area contributed by atoms with Crippen molar-refractivity contribution in [2.45, 2.75) is 17.0 Å². The quantitative estimate of drug-likeness (QED) is 0.877. The van der Waals surface area contributed by atoms with Gasteiger partial charge in [-0.2, -0.15) is 0 Å². The van der Waals surface area contributed by atoms with Crippen LogP contribution in [-0.4, -0.2) is 21.0 Å². The second-order valence-corrected chi connectivity index (χ2v) is 5.38. The third-order valence-corrected chi connectivity index (χ3v) is 3.99. The van der Waals surface area contributed by atoms with E-state index in [1.807, 2.05) is 24.3 Å². The second kappa shape index (κ2) is 5.49. The lowest BCUT2D eigenvalue weighted by molar-refractivity contribution is 0.0689. The molecule has 0 saturated heterocycles. The molecule has 92 valence electrons. The van der Waals surface area contributed by atoms with Crippen LogP contribution < -0.4 is 0 Å². The molecule has 2 rings (SSSR count). The number of nitrogens with zero attached hydrogens (tertiary/aromatic N) is 2. The van der Waals surface area contributed by atoms with Crippen molar-refractivity contribution in [3.8, 4) is 0 Å². The van der Waals surface area contributed by atoms with Crippen LogP contribution in [0.2, 0.25) is 0 Å². The Labute approximate surface area is 117 Å². The molecule has 1 aromatic heterocycles. The molecule has 0 radical (unpaired) electrons. The van der Waals surface area contributed by atoms with Crippen LogP contribution in [-0.2, 0) is 0 Å². The smallest absolute Gasteiger partial charge is 0.354 e. The Hall–Kier alpha value is -1.40. The molecule has 0 aliphatic heterocycles. The number of benzene rings is 1. The molecule has 0 amide bonds. The zero-order valence-electron chi connectivity index (χ0n) is 9.42. The summed E-state index contributed by atoms with van der Waals surface area (Å²) in [5, 5.41) is 9.38. The summed E-state index contributed by atoms with van der Waals surface area (Å²) in [5.41, 5.74) is 0.647. The zero-order valence-corrected chi connectivity index (χ0v) is 11.8. The minimum Gasteiger partial charge on any atom is -0.477 e. The minimum absolute atomic E-state index is 0.0112. The summed E-state index contributed by atoms with van der Waals surface area (Å²) in [4.78, 5) is 20.1. The van der Waals surface area contributed by atoms with Crippen LogP contribution in [0.3, 0.4) is 0 Å². The molecule has 4 nitrogen and oxygen atoms in total. The van der Waals surface area contributed by atoms with E-state index in [1.54, 1.807) is 6.92 Å². The molecule has 0 aliphatic carbocycles. The first-order valence-corrected chi connectivity index (χ1v) is 6.68. The highest BCUT2D eigenvalue weighted by atomic mass is 79.9. The third kappa shape index (κ3) is 3.08. The molecule has 0 unspecified atom stereocenters. The number of aromatic carboxylic acids is 1. The van der Waals surface area contributed by atoms with Crippen molar-refractivity contribution in [3.63, 3.8) is 0 Å². The number of halogens is 1. The van der Waals surface area contributed by atoms with Crippen LogP contribution in [0.25, 0.3) is 0 Å². The highest BCUT2D eigenvalue weighted by molar-refractivity contribution is 9.10. The first-order valence-electron chi connectivity index (χ1n) is 5.07. The maximum atomic E-state index is 10.9. The van der Waals surface area contributed by atoms with Gasteiger partial charge in [-0.25, -0.2) is 14.8 Å². The van der Waals surface area contributed by atoms with Gasteiger partial charge >= 0.3 is 5.97 Å². The molecule has 0 saturated carbocycles. The number of hydrogen-bond donors (Lipinski definition) is 1. The zero-order chi connectivity index (χ0) is 13.1. The van der Waals surface area contributed by atoms with Crippen molar-refractivity contribution in [3.05, 3.63) is 46.2 Å². The van der Waals surface area contributed by atoms with Gasteiger partial charge in [-0.15, -0.1) is 0 Å². The Morgan fingerprint density at radius 2 is 2.06 bits per heavy atom. The number of carboxylic acid groups (broad SMARTS) is 1. The average Bonchev–Trinajstić information content (AvgIpc) is 2.31. The van der Waals surface area contributed by atoms with E-state index in [0.717, 1.165) is 9.37 Å². The minimum atomic E-state index is -1.05. The molecular formula is C12H9BrN2O2S. The Balaban J connectivity index is 2.35. The van der Waals surface area contributed by atoms with E-state index in [1.165, 1.54) is 17.8 Å². The van der Waals surface area contributed by atoms with Crippen molar-refractivity contribution in [1.29, 1.82) is 0 Å². The van der Waals surface area contributed by atoms with E-state index in [9.17, 15) is 4.79 Å². The van der Waals surface area contributed by atoms with Crippen molar-refractivity contribution in [2.24, 2.45) is 0 Å². The normalized spacial score (nSPS) is 10.3. The van der Waals surface area contributed by atoms with Gasteiger partial charge in [0.1, 0.15) is 0 Å². The molecule has 1 heterocycles. The van der Waals surface area contributed by atoms with Gasteiger partial charge in [0.15, 0.2) is 10.9 Å².